The van der Waals surface area contributed by atoms with Crippen molar-refractivity contribution in [2.45, 2.75) is 19.3 Å². The van der Waals surface area contributed by atoms with E-state index in [9.17, 15) is 4.79 Å². The summed E-state index contributed by atoms with van der Waals surface area (Å²) in [7, 11) is 0. The molecule has 0 spiro atoms. The molecule has 21 heavy (non-hydrogen) atoms. The van der Waals surface area contributed by atoms with Gasteiger partial charge in [-0.25, -0.2) is 0 Å². The van der Waals surface area contributed by atoms with Crippen molar-refractivity contribution in [2.75, 3.05) is 0 Å². The molecular weight excluding hydrogens is 258 g/mol. The second-order valence-corrected chi connectivity index (χ2v) is 5.57. The van der Waals surface area contributed by atoms with E-state index in [1.165, 1.54) is 17.5 Å². The Balaban J connectivity index is 1.83. The highest BCUT2D eigenvalue weighted by molar-refractivity contribution is 6.16. The Labute approximate surface area is 123 Å². The Kier molecular flexibility index (Phi) is 2.81. The molecule has 1 aromatic heterocycles. The fraction of sp³-hybridized carbons (Fsp3) is 0.158. The number of fused-ring (bicyclic) bond motifs is 2. The fourth-order valence-corrected chi connectivity index (χ4v) is 3.17. The summed E-state index contributed by atoms with van der Waals surface area (Å²) in [6.07, 6.45) is 6.90. The van der Waals surface area contributed by atoms with Crippen LogP contribution in [-0.2, 0) is 12.8 Å². The first-order chi connectivity index (χ1) is 10.3. The van der Waals surface area contributed by atoms with E-state index in [4.69, 9.17) is 0 Å². The van der Waals surface area contributed by atoms with Gasteiger partial charge in [-0.05, 0) is 41.8 Å². The summed E-state index contributed by atoms with van der Waals surface area (Å²) >= 11 is 0. The lowest BCUT2D eigenvalue weighted by Crippen LogP contribution is -2.04. The maximum absolute atomic E-state index is 12.8. The largest absolute Gasteiger partial charge is 0.289 e. The lowest BCUT2D eigenvalue weighted by molar-refractivity contribution is 0.104. The zero-order chi connectivity index (χ0) is 14.2. The number of rotatable bonds is 2. The van der Waals surface area contributed by atoms with Crippen LogP contribution in [0.2, 0.25) is 0 Å². The SMILES string of the molecule is O=C(c1ccc2c(c1)CCC2)c1cncc2ccccc12. The molecule has 0 bridgehead atoms. The van der Waals surface area contributed by atoms with E-state index in [0.29, 0.717) is 5.56 Å². The number of aryl methyl sites for hydroxylation is 2. The number of ketones is 1. The summed E-state index contributed by atoms with van der Waals surface area (Å²) in [5.74, 6) is 0.0639. The maximum Gasteiger partial charge on any atom is 0.195 e. The molecule has 0 saturated carbocycles. The van der Waals surface area contributed by atoms with Gasteiger partial charge in [0.2, 0.25) is 0 Å². The molecule has 0 unspecified atom stereocenters. The van der Waals surface area contributed by atoms with Crippen LogP contribution >= 0.6 is 0 Å². The summed E-state index contributed by atoms with van der Waals surface area (Å²) in [5, 5.41) is 1.97. The topological polar surface area (TPSA) is 30.0 Å². The Morgan fingerprint density at radius 1 is 0.952 bits per heavy atom. The maximum atomic E-state index is 12.8. The zero-order valence-corrected chi connectivity index (χ0v) is 11.7. The quantitative estimate of drug-likeness (QED) is 0.662. The van der Waals surface area contributed by atoms with Crippen LogP contribution in [0, 0.1) is 0 Å². The average Bonchev–Trinajstić information content (AvgIpc) is 3.01. The van der Waals surface area contributed by atoms with E-state index >= 15 is 0 Å². The zero-order valence-electron chi connectivity index (χ0n) is 11.7. The fourth-order valence-electron chi connectivity index (χ4n) is 3.17. The second-order valence-electron chi connectivity index (χ2n) is 5.57. The van der Waals surface area contributed by atoms with Gasteiger partial charge < -0.3 is 0 Å². The lowest BCUT2D eigenvalue weighted by Gasteiger charge is -2.07. The summed E-state index contributed by atoms with van der Waals surface area (Å²) in [6.45, 7) is 0. The van der Waals surface area contributed by atoms with E-state index in [-0.39, 0.29) is 5.78 Å². The lowest BCUT2D eigenvalue weighted by atomic mass is 9.97. The summed E-state index contributed by atoms with van der Waals surface area (Å²) in [5.41, 5.74) is 4.18. The molecule has 0 fully saturated rings. The Bertz CT molecular complexity index is 846. The molecule has 0 radical (unpaired) electrons. The van der Waals surface area contributed by atoms with Crippen LogP contribution in [0.25, 0.3) is 10.8 Å². The summed E-state index contributed by atoms with van der Waals surface area (Å²) in [6, 6.07) is 14.0. The third kappa shape index (κ3) is 2.04. The number of pyridine rings is 1. The minimum Gasteiger partial charge on any atom is -0.289 e. The Morgan fingerprint density at radius 2 is 1.81 bits per heavy atom. The molecule has 0 amide bonds. The van der Waals surface area contributed by atoms with Gasteiger partial charge in [0.05, 0.1) is 0 Å². The van der Waals surface area contributed by atoms with Crippen molar-refractivity contribution in [1.29, 1.82) is 0 Å². The van der Waals surface area contributed by atoms with Crippen molar-refractivity contribution in [3.05, 3.63) is 77.1 Å². The van der Waals surface area contributed by atoms with Crippen LogP contribution in [0.15, 0.2) is 54.9 Å². The van der Waals surface area contributed by atoms with Crippen LogP contribution < -0.4 is 0 Å². The van der Waals surface area contributed by atoms with E-state index in [0.717, 1.165) is 29.2 Å². The molecule has 2 aromatic carbocycles. The van der Waals surface area contributed by atoms with E-state index < -0.39 is 0 Å². The number of nitrogens with zero attached hydrogens (tertiary/aromatic N) is 1. The number of aromatic nitrogens is 1. The van der Waals surface area contributed by atoms with Gasteiger partial charge in [0.1, 0.15) is 0 Å². The van der Waals surface area contributed by atoms with Gasteiger partial charge in [0.15, 0.2) is 5.78 Å². The first-order valence-electron chi connectivity index (χ1n) is 7.32. The summed E-state index contributed by atoms with van der Waals surface area (Å²) in [4.78, 5) is 17.0. The molecule has 0 atom stereocenters. The first kappa shape index (κ1) is 12.3. The average molecular weight is 273 g/mol. The highest BCUT2D eigenvalue weighted by atomic mass is 16.1. The number of hydrogen-bond acceptors (Lipinski definition) is 2. The third-order valence-electron chi connectivity index (χ3n) is 4.27. The van der Waals surface area contributed by atoms with Crippen LogP contribution in [0.1, 0.15) is 33.5 Å². The predicted molar refractivity (Wildman–Crippen MR) is 83.6 cm³/mol. The van der Waals surface area contributed by atoms with Gasteiger partial charge in [-0.1, -0.05) is 36.4 Å². The minimum atomic E-state index is 0.0639. The van der Waals surface area contributed by atoms with Gasteiger partial charge in [-0.2, -0.15) is 0 Å². The van der Waals surface area contributed by atoms with Crippen LogP contribution in [0.4, 0.5) is 0 Å². The second kappa shape index (κ2) is 4.81. The van der Waals surface area contributed by atoms with Crippen molar-refractivity contribution >= 4 is 16.6 Å². The third-order valence-corrected chi connectivity index (χ3v) is 4.27. The van der Waals surface area contributed by atoms with Crippen LogP contribution in [-0.4, -0.2) is 10.8 Å². The molecule has 1 heterocycles. The highest BCUT2D eigenvalue weighted by Gasteiger charge is 2.16. The van der Waals surface area contributed by atoms with Gasteiger partial charge >= 0.3 is 0 Å². The van der Waals surface area contributed by atoms with Crippen molar-refractivity contribution in [1.82, 2.24) is 4.98 Å². The molecule has 3 aromatic rings. The number of carbonyl (C=O) groups is 1. The molecule has 0 aliphatic heterocycles. The highest BCUT2D eigenvalue weighted by Crippen LogP contribution is 2.25. The number of carbonyl (C=O) groups excluding carboxylic acids is 1. The molecule has 102 valence electrons. The summed E-state index contributed by atoms with van der Waals surface area (Å²) < 4.78 is 0. The Hall–Kier alpha value is -2.48. The van der Waals surface area contributed by atoms with Gasteiger partial charge in [0, 0.05) is 28.9 Å². The van der Waals surface area contributed by atoms with E-state index in [1.807, 2.05) is 30.3 Å². The predicted octanol–water partition coefficient (Wildman–Crippen LogP) is 3.95. The van der Waals surface area contributed by atoms with Gasteiger partial charge in [-0.15, -0.1) is 0 Å². The monoisotopic (exact) mass is 273 g/mol. The van der Waals surface area contributed by atoms with Gasteiger partial charge in [0.25, 0.3) is 0 Å². The molecule has 1 aliphatic rings. The first-order valence-corrected chi connectivity index (χ1v) is 7.32. The standard InChI is InChI=1S/C19H15NO/c21-19(15-9-8-13-5-3-6-14(13)10-15)18-12-20-11-16-4-1-2-7-17(16)18/h1-2,4,7-12H,3,5-6H2. The molecule has 1 aliphatic carbocycles. The smallest absolute Gasteiger partial charge is 0.195 e. The van der Waals surface area contributed by atoms with Crippen LogP contribution in [0.3, 0.4) is 0 Å². The molecular formula is C19H15NO. The normalized spacial score (nSPS) is 13.3. The molecule has 4 rings (SSSR count). The number of benzene rings is 2. The van der Waals surface area contributed by atoms with Crippen LogP contribution in [0.5, 0.6) is 0 Å². The van der Waals surface area contributed by atoms with Crippen molar-refractivity contribution in [3.8, 4) is 0 Å². The van der Waals surface area contributed by atoms with E-state index in [2.05, 4.69) is 17.1 Å². The van der Waals surface area contributed by atoms with E-state index in [1.54, 1.807) is 12.4 Å². The number of hydrogen-bond donors (Lipinski definition) is 0. The molecule has 2 nitrogen and oxygen atoms in total. The van der Waals surface area contributed by atoms with Crippen molar-refractivity contribution in [2.24, 2.45) is 0 Å². The van der Waals surface area contributed by atoms with Crippen molar-refractivity contribution < 1.29 is 4.79 Å². The minimum absolute atomic E-state index is 0.0639. The van der Waals surface area contributed by atoms with Crippen molar-refractivity contribution in [3.63, 3.8) is 0 Å². The Morgan fingerprint density at radius 3 is 2.76 bits per heavy atom. The molecule has 0 N–H and O–H groups in total. The van der Waals surface area contributed by atoms with Gasteiger partial charge in [-0.3, -0.25) is 9.78 Å². The molecule has 0 saturated heterocycles. The molecule has 2 heteroatoms.